The average molecular weight is 261 g/mol. The summed E-state index contributed by atoms with van der Waals surface area (Å²) in [5.74, 6) is 0.769. The molecule has 1 heterocycles. The summed E-state index contributed by atoms with van der Waals surface area (Å²) in [5.41, 5.74) is 2.40. The van der Waals surface area contributed by atoms with E-state index in [1.54, 1.807) is 6.20 Å². The van der Waals surface area contributed by atoms with Crippen molar-refractivity contribution in [3.05, 3.63) is 90.1 Å². The molecule has 3 nitrogen and oxygen atoms in total. The first-order valence-electron chi connectivity index (χ1n) is 6.57. The van der Waals surface area contributed by atoms with E-state index in [0.29, 0.717) is 0 Å². The van der Waals surface area contributed by atoms with Crippen LogP contribution in [0.2, 0.25) is 0 Å². The van der Waals surface area contributed by atoms with Crippen LogP contribution in [0.15, 0.2) is 79.0 Å². The summed E-state index contributed by atoms with van der Waals surface area (Å²) in [4.78, 5) is 0. The zero-order chi connectivity index (χ0) is 13.6. The molecule has 3 rings (SSSR count). The zero-order valence-corrected chi connectivity index (χ0v) is 11.0. The lowest BCUT2D eigenvalue weighted by atomic mass is 9.99. The highest BCUT2D eigenvalue weighted by Crippen LogP contribution is 2.25. The van der Waals surface area contributed by atoms with Crippen molar-refractivity contribution in [2.45, 2.75) is 6.04 Å². The number of anilines is 1. The van der Waals surface area contributed by atoms with Gasteiger partial charge in [0, 0.05) is 6.20 Å². The molecule has 0 fully saturated rings. The molecule has 20 heavy (non-hydrogen) atoms. The number of nitrogens with zero attached hydrogens (tertiary/aromatic N) is 2. The van der Waals surface area contributed by atoms with Crippen LogP contribution in [0.4, 0.5) is 5.82 Å². The highest BCUT2D eigenvalue weighted by atomic mass is 15.2. The standard InChI is InChI=1S/C17H15N3/c1-3-8-14(9-4-1)17(15-10-5-2-6-11-15)19-16-12-7-13-18-20-16/h1-13,17H,(H,19,20). The molecule has 1 N–H and O–H groups in total. The normalized spacial score (nSPS) is 10.4. The van der Waals surface area contributed by atoms with Crippen LogP contribution < -0.4 is 5.32 Å². The molecule has 0 amide bonds. The van der Waals surface area contributed by atoms with Crippen molar-refractivity contribution in [2.75, 3.05) is 5.32 Å². The van der Waals surface area contributed by atoms with E-state index in [1.807, 2.05) is 48.5 Å². The second-order valence-electron chi connectivity index (χ2n) is 4.51. The Morgan fingerprint density at radius 1 is 0.700 bits per heavy atom. The summed E-state index contributed by atoms with van der Waals surface area (Å²) in [5, 5.41) is 11.5. The van der Waals surface area contributed by atoms with Gasteiger partial charge in [-0.25, -0.2) is 0 Å². The third-order valence-electron chi connectivity index (χ3n) is 3.13. The molecule has 0 spiro atoms. The highest BCUT2D eigenvalue weighted by Gasteiger charge is 2.13. The van der Waals surface area contributed by atoms with E-state index in [-0.39, 0.29) is 6.04 Å². The van der Waals surface area contributed by atoms with E-state index in [2.05, 4.69) is 39.8 Å². The monoisotopic (exact) mass is 261 g/mol. The first kappa shape index (κ1) is 12.4. The van der Waals surface area contributed by atoms with Crippen LogP contribution in [0.3, 0.4) is 0 Å². The van der Waals surface area contributed by atoms with Gasteiger partial charge in [0.15, 0.2) is 0 Å². The maximum absolute atomic E-state index is 4.11. The third kappa shape index (κ3) is 2.83. The largest absolute Gasteiger partial charge is 0.358 e. The number of hydrogen-bond donors (Lipinski definition) is 1. The minimum absolute atomic E-state index is 0.0640. The fourth-order valence-corrected chi connectivity index (χ4v) is 2.18. The SMILES string of the molecule is c1ccc(C(Nc2cccnn2)c2ccccc2)cc1. The molecule has 0 unspecified atom stereocenters. The van der Waals surface area contributed by atoms with Crippen molar-refractivity contribution in [1.29, 1.82) is 0 Å². The Morgan fingerprint density at radius 2 is 1.30 bits per heavy atom. The topological polar surface area (TPSA) is 37.8 Å². The molecular formula is C17H15N3. The van der Waals surface area contributed by atoms with Crippen molar-refractivity contribution < 1.29 is 0 Å². The van der Waals surface area contributed by atoms with Crippen LogP contribution in [-0.4, -0.2) is 10.2 Å². The molecular weight excluding hydrogens is 246 g/mol. The van der Waals surface area contributed by atoms with Crippen LogP contribution in [0.5, 0.6) is 0 Å². The van der Waals surface area contributed by atoms with Crippen LogP contribution in [0, 0.1) is 0 Å². The molecule has 2 aromatic carbocycles. The van der Waals surface area contributed by atoms with Crippen molar-refractivity contribution in [2.24, 2.45) is 0 Å². The van der Waals surface area contributed by atoms with Gasteiger partial charge in [0.1, 0.15) is 5.82 Å². The second kappa shape index (κ2) is 5.97. The van der Waals surface area contributed by atoms with Crippen LogP contribution in [0.1, 0.15) is 17.2 Å². The first-order valence-corrected chi connectivity index (χ1v) is 6.57. The Bertz CT molecular complexity index is 599. The fourth-order valence-electron chi connectivity index (χ4n) is 2.18. The van der Waals surface area contributed by atoms with Gasteiger partial charge in [0.25, 0.3) is 0 Å². The van der Waals surface area contributed by atoms with Crippen molar-refractivity contribution >= 4 is 5.82 Å². The lowest BCUT2D eigenvalue weighted by molar-refractivity contribution is 0.904. The summed E-state index contributed by atoms with van der Waals surface area (Å²) < 4.78 is 0. The van der Waals surface area contributed by atoms with Crippen LogP contribution in [0.25, 0.3) is 0 Å². The smallest absolute Gasteiger partial charge is 0.149 e. The lowest BCUT2D eigenvalue weighted by Crippen LogP contribution is -2.13. The Labute approximate surface area is 118 Å². The van der Waals surface area contributed by atoms with Crippen molar-refractivity contribution in [3.8, 4) is 0 Å². The molecule has 0 saturated heterocycles. The average Bonchev–Trinajstić information content (AvgIpc) is 2.55. The highest BCUT2D eigenvalue weighted by molar-refractivity contribution is 5.43. The number of nitrogens with one attached hydrogen (secondary N) is 1. The summed E-state index contributed by atoms with van der Waals surface area (Å²) in [6.45, 7) is 0. The molecule has 0 bridgehead atoms. The van der Waals surface area contributed by atoms with Gasteiger partial charge in [0.2, 0.25) is 0 Å². The van der Waals surface area contributed by atoms with E-state index in [0.717, 1.165) is 5.82 Å². The second-order valence-corrected chi connectivity index (χ2v) is 4.51. The molecule has 0 atom stereocenters. The van der Waals surface area contributed by atoms with Crippen molar-refractivity contribution in [1.82, 2.24) is 10.2 Å². The van der Waals surface area contributed by atoms with Gasteiger partial charge in [-0.15, -0.1) is 5.10 Å². The minimum Gasteiger partial charge on any atom is -0.358 e. The zero-order valence-electron chi connectivity index (χ0n) is 11.0. The third-order valence-corrected chi connectivity index (χ3v) is 3.13. The Morgan fingerprint density at radius 3 is 1.80 bits per heavy atom. The van der Waals surface area contributed by atoms with Crippen molar-refractivity contribution in [3.63, 3.8) is 0 Å². The summed E-state index contributed by atoms with van der Waals surface area (Å²) in [6.07, 6.45) is 1.67. The quantitative estimate of drug-likeness (QED) is 0.778. The van der Waals surface area contributed by atoms with Crippen LogP contribution >= 0.6 is 0 Å². The van der Waals surface area contributed by atoms with Gasteiger partial charge >= 0.3 is 0 Å². The van der Waals surface area contributed by atoms with Crippen LogP contribution in [-0.2, 0) is 0 Å². The molecule has 1 aromatic heterocycles. The summed E-state index contributed by atoms with van der Waals surface area (Å²) >= 11 is 0. The van der Waals surface area contributed by atoms with Gasteiger partial charge in [-0.2, -0.15) is 5.10 Å². The van der Waals surface area contributed by atoms with Gasteiger partial charge in [0.05, 0.1) is 6.04 Å². The van der Waals surface area contributed by atoms with Gasteiger partial charge in [-0.3, -0.25) is 0 Å². The molecule has 0 radical (unpaired) electrons. The molecule has 0 saturated carbocycles. The maximum atomic E-state index is 4.11. The van der Waals surface area contributed by atoms with Gasteiger partial charge < -0.3 is 5.32 Å². The summed E-state index contributed by atoms with van der Waals surface area (Å²) in [6, 6.07) is 24.5. The molecule has 0 aliphatic heterocycles. The summed E-state index contributed by atoms with van der Waals surface area (Å²) in [7, 11) is 0. The molecule has 0 aliphatic rings. The predicted molar refractivity (Wildman–Crippen MR) is 80.4 cm³/mol. The Hall–Kier alpha value is -2.68. The van der Waals surface area contributed by atoms with E-state index in [1.165, 1.54) is 11.1 Å². The van der Waals surface area contributed by atoms with Gasteiger partial charge in [-0.05, 0) is 23.3 Å². The predicted octanol–water partition coefficient (Wildman–Crippen LogP) is 3.68. The van der Waals surface area contributed by atoms with E-state index in [4.69, 9.17) is 0 Å². The number of aromatic nitrogens is 2. The van der Waals surface area contributed by atoms with E-state index >= 15 is 0 Å². The molecule has 3 heteroatoms. The Kier molecular flexibility index (Phi) is 3.69. The number of benzene rings is 2. The maximum Gasteiger partial charge on any atom is 0.149 e. The molecule has 0 aliphatic carbocycles. The fraction of sp³-hybridized carbons (Fsp3) is 0.0588. The van der Waals surface area contributed by atoms with E-state index < -0.39 is 0 Å². The van der Waals surface area contributed by atoms with Gasteiger partial charge in [-0.1, -0.05) is 60.7 Å². The molecule has 3 aromatic rings. The first-order chi connectivity index (χ1) is 9.93. The van der Waals surface area contributed by atoms with E-state index in [9.17, 15) is 0 Å². The minimum atomic E-state index is 0.0640. The lowest BCUT2D eigenvalue weighted by Gasteiger charge is -2.20. The number of hydrogen-bond acceptors (Lipinski definition) is 3. The Balaban J connectivity index is 1.96. The number of rotatable bonds is 4. The molecule has 98 valence electrons.